The normalized spacial score (nSPS) is 16.5. The molecule has 0 unspecified atom stereocenters. The van der Waals surface area contributed by atoms with Gasteiger partial charge in [0.05, 0.1) is 6.04 Å². The van der Waals surface area contributed by atoms with E-state index in [9.17, 15) is 4.79 Å². The van der Waals surface area contributed by atoms with Gasteiger partial charge in [-0.1, -0.05) is 30.3 Å². The minimum atomic E-state index is -0.428. The molecule has 2 rings (SSSR count). The lowest BCUT2D eigenvalue weighted by Crippen LogP contribution is -2.48. The molecule has 0 aliphatic heterocycles. The molecule has 1 aliphatic carbocycles. The highest BCUT2D eigenvalue weighted by Crippen LogP contribution is 2.18. The van der Waals surface area contributed by atoms with Crippen LogP contribution in [0.1, 0.15) is 24.8 Å². The summed E-state index contributed by atoms with van der Waals surface area (Å²) in [5.41, 5.74) is 6.97. The fourth-order valence-corrected chi connectivity index (χ4v) is 1.82. The molecule has 0 bridgehead atoms. The number of carbonyl (C=O) groups is 1. The molecule has 1 saturated carbocycles. The molecule has 0 saturated heterocycles. The number of carbonyl (C=O) groups excluding carboxylic acids is 1. The van der Waals surface area contributed by atoms with E-state index in [1.807, 2.05) is 30.3 Å². The smallest absolute Gasteiger partial charge is 0.237 e. The van der Waals surface area contributed by atoms with Gasteiger partial charge in [-0.3, -0.25) is 4.79 Å². The van der Waals surface area contributed by atoms with Gasteiger partial charge in [0.1, 0.15) is 0 Å². The number of benzene rings is 1. The Labute approximate surface area is 108 Å². The second kappa shape index (κ2) is 6.62. The van der Waals surface area contributed by atoms with Crippen molar-refractivity contribution in [3.05, 3.63) is 35.9 Å². The predicted octanol–water partition coefficient (Wildman–Crippen LogP) is 1.65. The van der Waals surface area contributed by atoms with E-state index in [0.717, 1.165) is 18.4 Å². The topological polar surface area (TPSA) is 55.1 Å². The molecule has 3 nitrogen and oxygen atoms in total. The number of rotatable bonds is 4. The van der Waals surface area contributed by atoms with Crippen molar-refractivity contribution in [3.63, 3.8) is 0 Å². The van der Waals surface area contributed by atoms with E-state index in [4.69, 9.17) is 5.73 Å². The van der Waals surface area contributed by atoms with Crippen molar-refractivity contribution in [1.29, 1.82) is 0 Å². The van der Waals surface area contributed by atoms with Crippen LogP contribution in [0.25, 0.3) is 0 Å². The molecule has 0 spiro atoms. The van der Waals surface area contributed by atoms with Crippen molar-refractivity contribution in [2.75, 3.05) is 0 Å². The Morgan fingerprint density at radius 2 is 2.00 bits per heavy atom. The molecule has 1 fully saturated rings. The SMILES string of the molecule is Cl.N[C@@H](Cc1ccccc1)C(=O)NC1CCC1. The lowest BCUT2D eigenvalue weighted by atomic mass is 9.92. The fourth-order valence-electron chi connectivity index (χ4n) is 1.82. The highest BCUT2D eigenvalue weighted by molar-refractivity contribution is 5.85. The number of amides is 1. The molecular weight excluding hydrogens is 236 g/mol. The van der Waals surface area contributed by atoms with Crippen molar-refractivity contribution in [1.82, 2.24) is 5.32 Å². The Balaban J connectivity index is 0.00000144. The Bertz CT molecular complexity index is 352. The molecule has 1 atom stereocenters. The highest BCUT2D eigenvalue weighted by Gasteiger charge is 2.22. The maximum Gasteiger partial charge on any atom is 0.237 e. The van der Waals surface area contributed by atoms with E-state index >= 15 is 0 Å². The molecule has 1 aromatic rings. The van der Waals surface area contributed by atoms with Crippen LogP contribution >= 0.6 is 12.4 Å². The van der Waals surface area contributed by atoms with Gasteiger partial charge < -0.3 is 11.1 Å². The summed E-state index contributed by atoms with van der Waals surface area (Å²) in [4.78, 5) is 11.7. The van der Waals surface area contributed by atoms with Gasteiger partial charge in [0.25, 0.3) is 0 Å². The van der Waals surface area contributed by atoms with Gasteiger partial charge in [-0.25, -0.2) is 0 Å². The summed E-state index contributed by atoms with van der Waals surface area (Å²) in [5, 5.41) is 2.97. The Hall–Kier alpha value is -1.06. The summed E-state index contributed by atoms with van der Waals surface area (Å²) in [6, 6.07) is 9.83. The average Bonchev–Trinajstić information content (AvgIpc) is 2.24. The quantitative estimate of drug-likeness (QED) is 0.859. The van der Waals surface area contributed by atoms with Crippen molar-refractivity contribution in [2.45, 2.75) is 37.8 Å². The molecule has 94 valence electrons. The van der Waals surface area contributed by atoms with E-state index in [2.05, 4.69) is 5.32 Å². The Morgan fingerprint density at radius 1 is 1.35 bits per heavy atom. The van der Waals surface area contributed by atoms with Gasteiger partial charge >= 0.3 is 0 Å². The first kappa shape index (κ1) is 14.0. The molecule has 0 radical (unpaired) electrons. The van der Waals surface area contributed by atoms with Crippen LogP contribution in [-0.2, 0) is 11.2 Å². The summed E-state index contributed by atoms with van der Waals surface area (Å²) in [7, 11) is 0. The molecule has 3 N–H and O–H groups in total. The zero-order chi connectivity index (χ0) is 11.4. The minimum absolute atomic E-state index is 0. The highest BCUT2D eigenvalue weighted by atomic mass is 35.5. The van der Waals surface area contributed by atoms with E-state index in [0.29, 0.717) is 12.5 Å². The van der Waals surface area contributed by atoms with Crippen molar-refractivity contribution in [3.8, 4) is 0 Å². The number of nitrogens with one attached hydrogen (secondary N) is 1. The fraction of sp³-hybridized carbons (Fsp3) is 0.462. The van der Waals surface area contributed by atoms with E-state index in [1.54, 1.807) is 0 Å². The lowest BCUT2D eigenvalue weighted by molar-refractivity contribution is -0.123. The van der Waals surface area contributed by atoms with Gasteiger partial charge in [-0.15, -0.1) is 12.4 Å². The monoisotopic (exact) mass is 254 g/mol. The third-order valence-corrected chi connectivity index (χ3v) is 3.09. The number of hydrogen-bond acceptors (Lipinski definition) is 2. The van der Waals surface area contributed by atoms with Crippen molar-refractivity contribution in [2.24, 2.45) is 5.73 Å². The van der Waals surface area contributed by atoms with Crippen LogP contribution in [-0.4, -0.2) is 18.0 Å². The minimum Gasteiger partial charge on any atom is -0.352 e. The maximum absolute atomic E-state index is 11.7. The van der Waals surface area contributed by atoms with Crippen LogP contribution in [0, 0.1) is 0 Å². The summed E-state index contributed by atoms with van der Waals surface area (Å²) >= 11 is 0. The van der Waals surface area contributed by atoms with E-state index in [-0.39, 0.29) is 18.3 Å². The number of nitrogens with two attached hydrogens (primary N) is 1. The van der Waals surface area contributed by atoms with Crippen LogP contribution in [0.2, 0.25) is 0 Å². The van der Waals surface area contributed by atoms with E-state index < -0.39 is 6.04 Å². The van der Waals surface area contributed by atoms with Crippen molar-refractivity contribution >= 4 is 18.3 Å². The molecule has 17 heavy (non-hydrogen) atoms. The Morgan fingerprint density at radius 3 is 2.53 bits per heavy atom. The summed E-state index contributed by atoms with van der Waals surface area (Å²) in [6.45, 7) is 0. The zero-order valence-corrected chi connectivity index (χ0v) is 10.6. The summed E-state index contributed by atoms with van der Waals surface area (Å²) < 4.78 is 0. The van der Waals surface area contributed by atoms with Gasteiger partial charge in [0, 0.05) is 6.04 Å². The van der Waals surface area contributed by atoms with Crippen molar-refractivity contribution < 1.29 is 4.79 Å². The Kier molecular flexibility index (Phi) is 5.45. The first-order valence-electron chi connectivity index (χ1n) is 5.85. The third kappa shape index (κ3) is 4.02. The zero-order valence-electron chi connectivity index (χ0n) is 9.76. The molecule has 1 amide bonds. The second-order valence-electron chi connectivity index (χ2n) is 4.43. The summed E-state index contributed by atoms with van der Waals surface area (Å²) in [6.07, 6.45) is 4.03. The molecule has 4 heteroatoms. The molecule has 0 aromatic heterocycles. The second-order valence-corrected chi connectivity index (χ2v) is 4.43. The van der Waals surface area contributed by atoms with Crippen LogP contribution in [0.5, 0.6) is 0 Å². The predicted molar refractivity (Wildman–Crippen MR) is 71.2 cm³/mol. The van der Waals surface area contributed by atoms with Crippen LogP contribution in [0.3, 0.4) is 0 Å². The molecule has 0 heterocycles. The van der Waals surface area contributed by atoms with Crippen LogP contribution in [0.4, 0.5) is 0 Å². The molecular formula is C13H19ClN2O. The maximum atomic E-state index is 11.7. The molecule has 1 aliphatic rings. The number of halogens is 1. The first-order chi connectivity index (χ1) is 7.75. The standard InChI is InChI=1S/C13H18N2O.ClH/c14-12(9-10-5-2-1-3-6-10)13(16)15-11-7-4-8-11;/h1-3,5-6,11-12H,4,7-9,14H2,(H,15,16);1H/t12-;/m0./s1. The first-order valence-corrected chi connectivity index (χ1v) is 5.85. The van der Waals surface area contributed by atoms with Gasteiger partial charge in [0.2, 0.25) is 5.91 Å². The van der Waals surface area contributed by atoms with E-state index in [1.165, 1.54) is 6.42 Å². The van der Waals surface area contributed by atoms with Gasteiger partial charge in [-0.2, -0.15) is 0 Å². The van der Waals surface area contributed by atoms with Crippen LogP contribution in [0.15, 0.2) is 30.3 Å². The molecule has 1 aromatic carbocycles. The number of hydrogen-bond donors (Lipinski definition) is 2. The van der Waals surface area contributed by atoms with Gasteiger partial charge in [-0.05, 0) is 31.2 Å². The van der Waals surface area contributed by atoms with Gasteiger partial charge in [0.15, 0.2) is 0 Å². The largest absolute Gasteiger partial charge is 0.352 e. The third-order valence-electron chi connectivity index (χ3n) is 3.09. The lowest BCUT2D eigenvalue weighted by Gasteiger charge is -2.27. The van der Waals surface area contributed by atoms with Crippen LogP contribution < -0.4 is 11.1 Å². The average molecular weight is 255 g/mol. The summed E-state index contributed by atoms with van der Waals surface area (Å²) in [5.74, 6) is -0.0199.